The molecule has 1 aliphatic rings. The number of phenols is 1. The molecule has 0 spiro atoms. The van der Waals surface area contributed by atoms with Crippen LogP contribution >= 0.6 is 22.6 Å². The van der Waals surface area contributed by atoms with Gasteiger partial charge in [-0.3, -0.25) is 9.59 Å². The van der Waals surface area contributed by atoms with E-state index in [2.05, 4.69) is 27.9 Å². The Hall–Kier alpha value is -1.35. The summed E-state index contributed by atoms with van der Waals surface area (Å²) in [6, 6.07) is 4.14. The first-order valence-electron chi connectivity index (χ1n) is 6.06. The van der Waals surface area contributed by atoms with Crippen molar-refractivity contribution in [3.05, 3.63) is 27.3 Å². The van der Waals surface area contributed by atoms with Crippen molar-refractivity contribution >= 4 is 34.5 Å². The fourth-order valence-electron chi connectivity index (χ4n) is 2.68. The molecule has 0 saturated carbocycles. The van der Waals surface area contributed by atoms with Gasteiger partial charge in [0.05, 0.1) is 6.42 Å². The highest BCUT2D eigenvalue weighted by molar-refractivity contribution is 14.1. The lowest BCUT2D eigenvalue weighted by Gasteiger charge is -2.21. The standard InChI is InChI=1S/C13H14INO5/c14-6-1-2-10(16)7(3-6)9-5-15-12(13(19)20)8(9)4-11(17)18/h1-3,8-9,12,15-16H,4-5H2,(H,17,18)(H,19,20)/t8-,9+,12-/m0/s1. The predicted molar refractivity (Wildman–Crippen MR) is 78.7 cm³/mol. The van der Waals surface area contributed by atoms with Crippen LogP contribution in [0.3, 0.4) is 0 Å². The Morgan fingerprint density at radius 3 is 2.65 bits per heavy atom. The number of nitrogens with one attached hydrogen (secondary N) is 1. The van der Waals surface area contributed by atoms with Gasteiger partial charge < -0.3 is 20.6 Å². The number of hydrogen-bond donors (Lipinski definition) is 4. The third-order valence-electron chi connectivity index (χ3n) is 3.57. The lowest BCUT2D eigenvalue weighted by molar-refractivity contribution is -0.142. The fraction of sp³-hybridized carbons (Fsp3) is 0.385. The van der Waals surface area contributed by atoms with Gasteiger partial charge in [0.1, 0.15) is 11.8 Å². The summed E-state index contributed by atoms with van der Waals surface area (Å²) in [5, 5.41) is 30.9. The van der Waals surface area contributed by atoms with E-state index >= 15 is 0 Å². The molecule has 20 heavy (non-hydrogen) atoms. The van der Waals surface area contributed by atoms with E-state index in [0.717, 1.165) is 3.57 Å². The maximum Gasteiger partial charge on any atom is 0.321 e. The van der Waals surface area contributed by atoms with E-state index in [1.165, 1.54) is 0 Å². The van der Waals surface area contributed by atoms with Crippen LogP contribution in [0.1, 0.15) is 17.9 Å². The van der Waals surface area contributed by atoms with Gasteiger partial charge in [0.15, 0.2) is 0 Å². The lowest BCUT2D eigenvalue weighted by Crippen LogP contribution is -2.36. The highest BCUT2D eigenvalue weighted by atomic mass is 127. The molecular weight excluding hydrogens is 377 g/mol. The number of aromatic hydroxyl groups is 1. The van der Waals surface area contributed by atoms with Crippen LogP contribution in [0.4, 0.5) is 0 Å². The molecule has 1 aliphatic heterocycles. The van der Waals surface area contributed by atoms with Crippen molar-refractivity contribution < 1.29 is 24.9 Å². The summed E-state index contributed by atoms with van der Waals surface area (Å²) in [7, 11) is 0. The molecule has 2 rings (SSSR count). The second kappa shape index (κ2) is 5.96. The summed E-state index contributed by atoms with van der Waals surface area (Å²) < 4.78 is 0.906. The summed E-state index contributed by atoms with van der Waals surface area (Å²) >= 11 is 2.10. The fourth-order valence-corrected chi connectivity index (χ4v) is 3.20. The normalized spacial score (nSPS) is 25.6. The molecule has 1 fully saturated rings. The Morgan fingerprint density at radius 1 is 1.35 bits per heavy atom. The predicted octanol–water partition coefficient (Wildman–Crippen LogP) is 1.23. The van der Waals surface area contributed by atoms with Crippen molar-refractivity contribution in [1.82, 2.24) is 5.32 Å². The minimum Gasteiger partial charge on any atom is -0.508 e. The summed E-state index contributed by atoms with van der Waals surface area (Å²) in [5.41, 5.74) is 0.597. The van der Waals surface area contributed by atoms with Crippen molar-refractivity contribution in [2.24, 2.45) is 5.92 Å². The summed E-state index contributed by atoms with van der Waals surface area (Å²) in [6.45, 7) is 0.336. The molecule has 0 amide bonds. The molecule has 7 heteroatoms. The van der Waals surface area contributed by atoms with Gasteiger partial charge in [0.25, 0.3) is 0 Å². The number of aliphatic carboxylic acids is 2. The summed E-state index contributed by atoms with van der Waals surface area (Å²) in [4.78, 5) is 22.2. The first-order valence-corrected chi connectivity index (χ1v) is 7.14. The van der Waals surface area contributed by atoms with Crippen LogP contribution in [0.2, 0.25) is 0 Å². The first-order chi connectivity index (χ1) is 9.40. The SMILES string of the molecule is O=C(O)C[C@@H]1[C@@H](C(=O)O)NC[C@@H]1c1cc(I)ccc1O. The van der Waals surface area contributed by atoms with Crippen molar-refractivity contribution in [3.63, 3.8) is 0 Å². The van der Waals surface area contributed by atoms with E-state index in [1.807, 2.05) is 0 Å². The van der Waals surface area contributed by atoms with Gasteiger partial charge >= 0.3 is 11.9 Å². The molecule has 1 saturated heterocycles. The monoisotopic (exact) mass is 391 g/mol. The van der Waals surface area contributed by atoms with Crippen LogP contribution in [0.15, 0.2) is 18.2 Å². The van der Waals surface area contributed by atoms with Gasteiger partial charge in [-0.25, -0.2) is 0 Å². The third kappa shape index (κ3) is 3.04. The highest BCUT2D eigenvalue weighted by Crippen LogP contribution is 2.39. The maximum atomic E-state index is 11.2. The molecule has 0 radical (unpaired) electrons. The van der Waals surface area contributed by atoms with Gasteiger partial charge in [-0.05, 0) is 46.4 Å². The Bertz CT molecular complexity index is 548. The average molecular weight is 391 g/mol. The quantitative estimate of drug-likeness (QED) is 0.576. The number of rotatable bonds is 4. The van der Waals surface area contributed by atoms with Gasteiger partial charge in [-0.15, -0.1) is 0 Å². The zero-order valence-electron chi connectivity index (χ0n) is 10.4. The van der Waals surface area contributed by atoms with Crippen molar-refractivity contribution in [3.8, 4) is 5.75 Å². The van der Waals surface area contributed by atoms with Crippen LogP contribution < -0.4 is 5.32 Å². The minimum absolute atomic E-state index is 0.0682. The third-order valence-corrected chi connectivity index (χ3v) is 4.24. The number of hydrogen-bond acceptors (Lipinski definition) is 4. The molecule has 4 N–H and O–H groups in total. The second-order valence-electron chi connectivity index (χ2n) is 4.80. The highest BCUT2D eigenvalue weighted by Gasteiger charge is 2.42. The summed E-state index contributed by atoms with van der Waals surface area (Å²) in [5.74, 6) is -2.96. The number of phenolic OH excluding ortho intramolecular Hbond substituents is 1. The number of carboxylic acid groups (broad SMARTS) is 2. The van der Waals surface area contributed by atoms with E-state index in [0.29, 0.717) is 12.1 Å². The van der Waals surface area contributed by atoms with Crippen molar-refractivity contribution in [2.75, 3.05) is 6.54 Å². The van der Waals surface area contributed by atoms with Gasteiger partial charge in [0, 0.05) is 22.0 Å². The molecule has 0 bridgehead atoms. The van der Waals surface area contributed by atoms with E-state index in [9.17, 15) is 14.7 Å². The number of carboxylic acids is 2. The van der Waals surface area contributed by atoms with Gasteiger partial charge in [-0.1, -0.05) is 0 Å². The molecule has 0 aromatic heterocycles. The van der Waals surface area contributed by atoms with E-state index in [-0.39, 0.29) is 18.1 Å². The van der Waals surface area contributed by atoms with E-state index < -0.39 is 23.9 Å². The summed E-state index contributed by atoms with van der Waals surface area (Å²) in [6.07, 6.45) is -0.250. The van der Waals surface area contributed by atoms with Crippen molar-refractivity contribution in [1.29, 1.82) is 0 Å². The molecule has 6 nitrogen and oxygen atoms in total. The molecule has 0 aliphatic carbocycles. The number of carbonyl (C=O) groups is 2. The average Bonchev–Trinajstić information content (AvgIpc) is 2.75. The molecule has 1 heterocycles. The van der Waals surface area contributed by atoms with Crippen LogP contribution in [0.25, 0.3) is 0 Å². The Morgan fingerprint density at radius 2 is 2.05 bits per heavy atom. The number of benzene rings is 1. The first kappa shape index (κ1) is 15.0. The largest absolute Gasteiger partial charge is 0.508 e. The zero-order valence-corrected chi connectivity index (χ0v) is 12.6. The lowest BCUT2D eigenvalue weighted by atomic mass is 9.82. The van der Waals surface area contributed by atoms with Crippen LogP contribution in [-0.2, 0) is 9.59 Å². The Labute approximate surface area is 128 Å². The Kier molecular flexibility index (Phi) is 4.48. The molecule has 1 aromatic carbocycles. The molecule has 1 aromatic rings. The van der Waals surface area contributed by atoms with Crippen LogP contribution in [-0.4, -0.2) is 39.8 Å². The zero-order chi connectivity index (χ0) is 14.9. The van der Waals surface area contributed by atoms with E-state index in [4.69, 9.17) is 10.2 Å². The van der Waals surface area contributed by atoms with Gasteiger partial charge in [-0.2, -0.15) is 0 Å². The van der Waals surface area contributed by atoms with Crippen LogP contribution in [0, 0.1) is 9.49 Å². The Balaban J connectivity index is 2.36. The van der Waals surface area contributed by atoms with E-state index in [1.54, 1.807) is 18.2 Å². The van der Waals surface area contributed by atoms with Gasteiger partial charge in [0.2, 0.25) is 0 Å². The minimum atomic E-state index is -1.07. The molecular formula is C13H14INO5. The smallest absolute Gasteiger partial charge is 0.321 e. The molecule has 108 valence electrons. The molecule has 0 unspecified atom stereocenters. The number of halogens is 1. The topological polar surface area (TPSA) is 107 Å². The van der Waals surface area contributed by atoms with Crippen molar-refractivity contribution in [2.45, 2.75) is 18.4 Å². The van der Waals surface area contributed by atoms with Crippen LogP contribution in [0.5, 0.6) is 5.75 Å². The molecule has 3 atom stereocenters. The maximum absolute atomic E-state index is 11.2. The second-order valence-corrected chi connectivity index (χ2v) is 6.04.